The van der Waals surface area contributed by atoms with Gasteiger partial charge in [0.2, 0.25) is 11.8 Å². The Morgan fingerprint density at radius 2 is 1.89 bits per heavy atom. The third-order valence-electron chi connectivity index (χ3n) is 3.44. The van der Waals surface area contributed by atoms with Crippen LogP contribution in [-0.2, 0) is 9.59 Å². The molecule has 0 aromatic heterocycles. The highest BCUT2D eigenvalue weighted by Gasteiger charge is 2.46. The molecule has 2 amide bonds. The van der Waals surface area contributed by atoms with E-state index in [2.05, 4.69) is 5.32 Å². The summed E-state index contributed by atoms with van der Waals surface area (Å²) >= 11 is 0. The Kier molecular flexibility index (Phi) is 4.81. The Morgan fingerprint density at radius 1 is 1.32 bits per heavy atom. The van der Waals surface area contributed by atoms with Crippen LogP contribution >= 0.6 is 0 Å². The highest BCUT2D eigenvalue weighted by atomic mass is 19.4. The predicted molar refractivity (Wildman–Crippen MR) is 63.2 cm³/mol. The Bertz CT molecular complexity index is 357. The quantitative estimate of drug-likeness (QED) is 0.852. The molecule has 0 aliphatic carbocycles. The number of hydrogen-bond donors (Lipinski definition) is 1. The third kappa shape index (κ3) is 3.61. The number of halogens is 3. The minimum Gasteiger partial charge on any atom is -0.343 e. The van der Waals surface area contributed by atoms with Crippen LogP contribution in [0.2, 0.25) is 0 Å². The maximum atomic E-state index is 12.6. The van der Waals surface area contributed by atoms with E-state index in [1.807, 2.05) is 0 Å². The number of carbonyl (C=O) groups is 2. The van der Waals surface area contributed by atoms with Gasteiger partial charge >= 0.3 is 6.18 Å². The van der Waals surface area contributed by atoms with Gasteiger partial charge in [0.25, 0.3) is 0 Å². The van der Waals surface area contributed by atoms with Crippen LogP contribution in [0, 0.1) is 5.92 Å². The van der Waals surface area contributed by atoms with Crippen LogP contribution in [0.1, 0.15) is 33.6 Å². The first-order valence-electron chi connectivity index (χ1n) is 6.38. The largest absolute Gasteiger partial charge is 0.406 e. The van der Waals surface area contributed by atoms with Gasteiger partial charge in [-0.15, -0.1) is 0 Å². The summed E-state index contributed by atoms with van der Waals surface area (Å²) in [6.07, 6.45) is -3.69. The SMILES string of the molecule is CCC1NC(=O)C(C(C)CC)N(CC(F)(F)F)C1=O. The number of hydrogen-bond acceptors (Lipinski definition) is 2. The van der Waals surface area contributed by atoms with Crippen molar-refractivity contribution in [3.63, 3.8) is 0 Å². The van der Waals surface area contributed by atoms with Crippen LogP contribution in [0.4, 0.5) is 13.2 Å². The van der Waals surface area contributed by atoms with Crippen LogP contribution in [0.15, 0.2) is 0 Å². The van der Waals surface area contributed by atoms with Crippen molar-refractivity contribution in [3.05, 3.63) is 0 Å². The van der Waals surface area contributed by atoms with Crippen molar-refractivity contribution in [1.82, 2.24) is 10.2 Å². The zero-order valence-electron chi connectivity index (χ0n) is 11.3. The average Bonchev–Trinajstić information content (AvgIpc) is 2.31. The maximum Gasteiger partial charge on any atom is 0.406 e. The van der Waals surface area contributed by atoms with Crippen molar-refractivity contribution in [2.45, 2.75) is 51.9 Å². The van der Waals surface area contributed by atoms with Crippen molar-refractivity contribution in [2.75, 3.05) is 6.54 Å². The highest BCUT2D eigenvalue weighted by molar-refractivity contribution is 5.97. The van der Waals surface area contributed by atoms with Crippen molar-refractivity contribution in [3.8, 4) is 0 Å². The monoisotopic (exact) mass is 280 g/mol. The van der Waals surface area contributed by atoms with Gasteiger partial charge in [-0.05, 0) is 12.3 Å². The second kappa shape index (κ2) is 5.79. The van der Waals surface area contributed by atoms with Crippen molar-refractivity contribution >= 4 is 11.8 Å². The lowest BCUT2D eigenvalue weighted by Crippen LogP contribution is -2.66. The summed E-state index contributed by atoms with van der Waals surface area (Å²) in [6.45, 7) is 3.73. The molecule has 0 spiro atoms. The van der Waals surface area contributed by atoms with Crippen molar-refractivity contribution < 1.29 is 22.8 Å². The number of piperazine rings is 1. The number of carbonyl (C=O) groups excluding carboxylic acids is 2. The van der Waals surface area contributed by atoms with Crippen LogP contribution in [-0.4, -0.2) is 41.5 Å². The van der Waals surface area contributed by atoms with Gasteiger partial charge in [-0.2, -0.15) is 13.2 Å². The van der Waals surface area contributed by atoms with Crippen LogP contribution < -0.4 is 5.32 Å². The molecule has 7 heteroatoms. The van der Waals surface area contributed by atoms with Crippen LogP contribution in [0.3, 0.4) is 0 Å². The van der Waals surface area contributed by atoms with Gasteiger partial charge in [0.05, 0.1) is 0 Å². The molecule has 1 aliphatic rings. The first-order chi connectivity index (χ1) is 8.71. The Labute approximate surface area is 110 Å². The molecule has 110 valence electrons. The summed E-state index contributed by atoms with van der Waals surface area (Å²) in [7, 11) is 0. The zero-order valence-corrected chi connectivity index (χ0v) is 11.3. The fraction of sp³-hybridized carbons (Fsp3) is 0.833. The molecule has 0 bridgehead atoms. The van der Waals surface area contributed by atoms with Gasteiger partial charge in [-0.1, -0.05) is 27.2 Å². The maximum absolute atomic E-state index is 12.6. The fourth-order valence-electron chi connectivity index (χ4n) is 2.23. The molecule has 0 aromatic rings. The summed E-state index contributed by atoms with van der Waals surface area (Å²) < 4.78 is 37.8. The first kappa shape index (κ1) is 15.8. The lowest BCUT2D eigenvalue weighted by Gasteiger charge is -2.41. The van der Waals surface area contributed by atoms with Gasteiger partial charge in [0, 0.05) is 0 Å². The summed E-state index contributed by atoms with van der Waals surface area (Å²) in [4.78, 5) is 24.6. The van der Waals surface area contributed by atoms with Crippen molar-refractivity contribution in [1.29, 1.82) is 0 Å². The normalized spacial score (nSPS) is 26.3. The second-order valence-corrected chi connectivity index (χ2v) is 4.88. The second-order valence-electron chi connectivity index (χ2n) is 4.88. The molecular weight excluding hydrogens is 261 g/mol. The highest BCUT2D eigenvalue weighted by Crippen LogP contribution is 2.25. The topological polar surface area (TPSA) is 49.4 Å². The molecule has 3 unspecified atom stereocenters. The van der Waals surface area contributed by atoms with E-state index in [1.165, 1.54) is 0 Å². The van der Waals surface area contributed by atoms with Gasteiger partial charge in [-0.3, -0.25) is 9.59 Å². The Morgan fingerprint density at radius 3 is 2.32 bits per heavy atom. The summed E-state index contributed by atoms with van der Waals surface area (Å²) in [5, 5.41) is 2.50. The molecule has 1 rings (SSSR count). The van der Waals surface area contributed by atoms with E-state index < -0.39 is 36.6 Å². The molecule has 1 saturated heterocycles. The molecular formula is C12H19F3N2O2. The van der Waals surface area contributed by atoms with E-state index in [9.17, 15) is 22.8 Å². The summed E-state index contributed by atoms with van der Waals surface area (Å²) in [6, 6.07) is -1.89. The van der Waals surface area contributed by atoms with E-state index in [-0.39, 0.29) is 12.3 Å². The fourth-order valence-corrected chi connectivity index (χ4v) is 2.23. The average molecular weight is 280 g/mol. The predicted octanol–water partition coefficient (Wildman–Crippen LogP) is 1.70. The minimum atomic E-state index is -4.50. The standard InChI is InChI=1S/C12H19F3N2O2/c1-4-7(3)9-10(18)16-8(5-2)11(19)17(9)6-12(13,14)15/h7-9H,4-6H2,1-3H3,(H,16,18). The number of alkyl halides is 3. The van der Waals surface area contributed by atoms with E-state index in [1.54, 1.807) is 20.8 Å². The van der Waals surface area contributed by atoms with Crippen LogP contribution in [0.25, 0.3) is 0 Å². The lowest BCUT2D eigenvalue weighted by molar-refractivity contribution is -0.176. The van der Waals surface area contributed by atoms with Crippen molar-refractivity contribution in [2.24, 2.45) is 5.92 Å². The van der Waals surface area contributed by atoms with Gasteiger partial charge < -0.3 is 10.2 Å². The zero-order chi connectivity index (χ0) is 14.8. The Balaban J connectivity index is 3.04. The number of nitrogens with one attached hydrogen (secondary N) is 1. The minimum absolute atomic E-state index is 0.284. The smallest absolute Gasteiger partial charge is 0.343 e. The van der Waals surface area contributed by atoms with Gasteiger partial charge in [0.15, 0.2) is 0 Å². The third-order valence-corrected chi connectivity index (χ3v) is 3.44. The molecule has 3 atom stereocenters. The molecule has 0 aromatic carbocycles. The molecule has 4 nitrogen and oxygen atoms in total. The van der Waals surface area contributed by atoms with E-state index in [0.717, 1.165) is 0 Å². The molecule has 0 saturated carbocycles. The van der Waals surface area contributed by atoms with Crippen LogP contribution in [0.5, 0.6) is 0 Å². The lowest BCUT2D eigenvalue weighted by atomic mass is 9.93. The van der Waals surface area contributed by atoms with Gasteiger partial charge in [0.1, 0.15) is 18.6 Å². The Hall–Kier alpha value is -1.27. The van der Waals surface area contributed by atoms with E-state index >= 15 is 0 Å². The molecule has 1 aliphatic heterocycles. The molecule has 0 radical (unpaired) electrons. The van der Waals surface area contributed by atoms with E-state index in [4.69, 9.17) is 0 Å². The first-order valence-corrected chi connectivity index (χ1v) is 6.38. The molecule has 1 N–H and O–H groups in total. The number of nitrogens with zero attached hydrogens (tertiary/aromatic N) is 1. The summed E-state index contributed by atoms with van der Waals surface area (Å²) in [5.74, 6) is -1.46. The summed E-state index contributed by atoms with van der Waals surface area (Å²) in [5.41, 5.74) is 0. The molecule has 1 fully saturated rings. The number of rotatable bonds is 4. The number of amides is 2. The molecule has 1 heterocycles. The van der Waals surface area contributed by atoms with Gasteiger partial charge in [-0.25, -0.2) is 0 Å². The van der Waals surface area contributed by atoms with E-state index in [0.29, 0.717) is 11.3 Å². The molecule has 19 heavy (non-hydrogen) atoms.